The van der Waals surface area contributed by atoms with Crippen molar-refractivity contribution in [3.05, 3.63) is 24.3 Å². The molecule has 1 atom stereocenters. The van der Waals surface area contributed by atoms with E-state index in [0.717, 1.165) is 18.8 Å². The van der Waals surface area contributed by atoms with Crippen LogP contribution in [-0.4, -0.2) is 40.3 Å². The van der Waals surface area contributed by atoms with Gasteiger partial charge in [0.1, 0.15) is 0 Å². The number of likely N-dealkylation sites (N-methyl/N-ethyl adjacent to an activating group) is 1. The zero-order chi connectivity index (χ0) is 14.6. The number of hydrogen-bond donors (Lipinski definition) is 1. The van der Waals surface area contributed by atoms with Crippen LogP contribution < -0.4 is 10.2 Å². The number of nitrogens with zero attached hydrogens (tertiary/aromatic N) is 1. The minimum Gasteiger partial charge on any atom is -0.370 e. The largest absolute Gasteiger partial charge is 0.370 e. The van der Waals surface area contributed by atoms with Crippen molar-refractivity contribution in [3.63, 3.8) is 0 Å². The Morgan fingerprint density at radius 3 is 2.55 bits per heavy atom. The van der Waals surface area contributed by atoms with E-state index in [9.17, 15) is 8.42 Å². The van der Waals surface area contributed by atoms with E-state index in [1.165, 1.54) is 12.8 Å². The molecule has 0 spiro atoms. The van der Waals surface area contributed by atoms with Gasteiger partial charge in [-0.2, -0.15) is 0 Å². The quantitative estimate of drug-likeness (QED) is 0.903. The van der Waals surface area contributed by atoms with E-state index in [4.69, 9.17) is 0 Å². The third-order valence-electron chi connectivity index (χ3n) is 3.89. The van der Waals surface area contributed by atoms with Crippen molar-refractivity contribution in [3.8, 4) is 0 Å². The Balaban J connectivity index is 2.11. The number of rotatable bonds is 5. The van der Waals surface area contributed by atoms with E-state index >= 15 is 0 Å². The van der Waals surface area contributed by atoms with Crippen LogP contribution >= 0.6 is 0 Å². The highest BCUT2D eigenvalue weighted by Crippen LogP contribution is 2.22. The number of anilines is 1. The Hall–Kier alpha value is -1.07. The molecule has 1 aliphatic rings. The first-order valence-electron chi connectivity index (χ1n) is 7.31. The zero-order valence-corrected chi connectivity index (χ0v) is 13.1. The van der Waals surface area contributed by atoms with Crippen LogP contribution in [0.5, 0.6) is 0 Å². The molecule has 1 unspecified atom stereocenters. The second-order valence-corrected chi connectivity index (χ2v) is 7.53. The van der Waals surface area contributed by atoms with E-state index in [1.54, 1.807) is 12.1 Å². The highest BCUT2D eigenvalue weighted by Gasteiger charge is 2.19. The molecule has 1 N–H and O–H groups in total. The summed E-state index contributed by atoms with van der Waals surface area (Å²) in [5, 5.41) is 3.40. The highest BCUT2D eigenvalue weighted by atomic mass is 32.2. The van der Waals surface area contributed by atoms with Gasteiger partial charge in [0.25, 0.3) is 0 Å². The molecule has 0 bridgehead atoms. The average molecular weight is 296 g/mol. The zero-order valence-electron chi connectivity index (χ0n) is 12.3. The van der Waals surface area contributed by atoms with E-state index in [1.807, 2.05) is 19.1 Å². The maximum Gasteiger partial charge on any atom is 0.178 e. The molecular weight excluding hydrogens is 272 g/mol. The summed E-state index contributed by atoms with van der Waals surface area (Å²) in [6, 6.07) is 7.77. The van der Waals surface area contributed by atoms with Crippen molar-refractivity contribution in [2.45, 2.75) is 37.1 Å². The van der Waals surface area contributed by atoms with Crippen molar-refractivity contribution in [1.82, 2.24) is 5.32 Å². The van der Waals surface area contributed by atoms with Crippen molar-refractivity contribution in [2.24, 2.45) is 0 Å². The molecule has 0 radical (unpaired) electrons. The Kier molecular flexibility index (Phi) is 5.05. The maximum atomic E-state index is 12.0. The number of nitrogens with one attached hydrogen (secondary N) is 1. The molecule has 1 aliphatic heterocycles. The molecule has 4 nitrogen and oxygen atoms in total. The number of piperidine rings is 1. The fourth-order valence-electron chi connectivity index (χ4n) is 2.65. The van der Waals surface area contributed by atoms with Gasteiger partial charge in [-0.15, -0.1) is 0 Å². The minimum absolute atomic E-state index is 0.217. The minimum atomic E-state index is -3.11. The van der Waals surface area contributed by atoms with E-state index in [-0.39, 0.29) is 5.75 Å². The molecule has 0 aliphatic carbocycles. The average Bonchev–Trinajstić information content (AvgIpc) is 2.47. The predicted octanol–water partition coefficient (Wildman–Crippen LogP) is 2.06. The molecule has 1 aromatic rings. The molecule has 0 aromatic heterocycles. The Bertz CT molecular complexity index is 519. The van der Waals surface area contributed by atoms with Crippen LogP contribution in [0.25, 0.3) is 0 Å². The van der Waals surface area contributed by atoms with Crippen LogP contribution in [-0.2, 0) is 9.84 Å². The van der Waals surface area contributed by atoms with Crippen LogP contribution in [0.4, 0.5) is 5.69 Å². The van der Waals surface area contributed by atoms with Crippen molar-refractivity contribution < 1.29 is 8.42 Å². The number of sulfone groups is 1. The normalized spacial score (nSPS) is 19.8. The van der Waals surface area contributed by atoms with Gasteiger partial charge < -0.3 is 10.2 Å². The summed E-state index contributed by atoms with van der Waals surface area (Å²) in [5.41, 5.74) is 1.08. The van der Waals surface area contributed by atoms with Gasteiger partial charge in [-0.3, -0.25) is 0 Å². The molecule has 1 aromatic carbocycles. The van der Waals surface area contributed by atoms with Gasteiger partial charge in [0.15, 0.2) is 9.84 Å². The molecule has 2 rings (SSSR count). The molecule has 0 saturated carbocycles. The third kappa shape index (κ3) is 3.52. The smallest absolute Gasteiger partial charge is 0.178 e. The fourth-order valence-corrected chi connectivity index (χ4v) is 3.97. The van der Waals surface area contributed by atoms with Gasteiger partial charge in [0, 0.05) is 25.3 Å². The van der Waals surface area contributed by atoms with Crippen LogP contribution in [0.15, 0.2) is 29.2 Å². The molecule has 1 saturated heterocycles. The van der Waals surface area contributed by atoms with Crippen molar-refractivity contribution in [1.29, 1.82) is 0 Å². The summed E-state index contributed by atoms with van der Waals surface area (Å²) in [4.78, 5) is 2.67. The van der Waals surface area contributed by atoms with E-state index < -0.39 is 9.84 Å². The van der Waals surface area contributed by atoms with Gasteiger partial charge >= 0.3 is 0 Å². The lowest BCUT2D eigenvalue weighted by Gasteiger charge is -2.33. The highest BCUT2D eigenvalue weighted by molar-refractivity contribution is 7.91. The third-order valence-corrected chi connectivity index (χ3v) is 5.83. The van der Waals surface area contributed by atoms with Gasteiger partial charge in [0.2, 0.25) is 0 Å². The van der Waals surface area contributed by atoms with Crippen molar-refractivity contribution >= 4 is 15.5 Å². The summed E-state index contributed by atoms with van der Waals surface area (Å²) in [6.07, 6.45) is 3.02. The van der Waals surface area contributed by atoms with Crippen molar-refractivity contribution in [2.75, 3.05) is 30.8 Å². The second kappa shape index (κ2) is 6.59. The number of hydrogen-bond acceptors (Lipinski definition) is 4. The maximum absolute atomic E-state index is 12.0. The summed E-state index contributed by atoms with van der Waals surface area (Å²) in [5.74, 6) is 0.217. The first kappa shape index (κ1) is 15.3. The molecule has 112 valence electrons. The second-order valence-electron chi connectivity index (χ2n) is 5.42. The first-order chi connectivity index (χ1) is 9.54. The van der Waals surface area contributed by atoms with Crippen LogP contribution in [0, 0.1) is 0 Å². The van der Waals surface area contributed by atoms with Gasteiger partial charge in [-0.05, 0) is 50.1 Å². The Labute approximate surface area is 122 Å². The molecule has 20 heavy (non-hydrogen) atoms. The summed E-state index contributed by atoms with van der Waals surface area (Å²) in [7, 11) is -1.03. The standard InChI is InChI=1S/C15H24N2O2S/c1-3-11-20(18,19)15-8-6-13(7-9-15)17(2)14-5-4-10-16-12-14/h6-9,14,16H,3-5,10-12H2,1-2H3. The summed E-state index contributed by atoms with van der Waals surface area (Å²) >= 11 is 0. The predicted molar refractivity (Wildman–Crippen MR) is 83.1 cm³/mol. The van der Waals surface area contributed by atoms with E-state index in [0.29, 0.717) is 17.4 Å². The Morgan fingerprint density at radius 1 is 1.30 bits per heavy atom. The van der Waals surface area contributed by atoms with Crippen LogP contribution in [0.3, 0.4) is 0 Å². The Morgan fingerprint density at radius 2 is 2.00 bits per heavy atom. The van der Waals surface area contributed by atoms with Gasteiger partial charge in [0.05, 0.1) is 10.6 Å². The van der Waals surface area contributed by atoms with Crippen LogP contribution in [0.1, 0.15) is 26.2 Å². The molecule has 1 heterocycles. The molecular formula is C15H24N2O2S. The lowest BCUT2D eigenvalue weighted by Crippen LogP contribution is -2.44. The molecule has 5 heteroatoms. The molecule has 0 amide bonds. The van der Waals surface area contributed by atoms with Gasteiger partial charge in [-0.1, -0.05) is 6.92 Å². The first-order valence-corrected chi connectivity index (χ1v) is 8.96. The lowest BCUT2D eigenvalue weighted by molar-refractivity contribution is 0.445. The lowest BCUT2D eigenvalue weighted by atomic mass is 10.1. The summed E-state index contributed by atoms with van der Waals surface area (Å²) < 4.78 is 24.0. The number of benzene rings is 1. The SMILES string of the molecule is CCCS(=O)(=O)c1ccc(N(C)C2CCCNC2)cc1. The van der Waals surface area contributed by atoms with Crippen LogP contribution in [0.2, 0.25) is 0 Å². The van der Waals surface area contributed by atoms with Gasteiger partial charge in [-0.25, -0.2) is 8.42 Å². The summed E-state index contributed by atoms with van der Waals surface area (Å²) in [6.45, 7) is 3.97. The topological polar surface area (TPSA) is 49.4 Å². The molecule has 1 fully saturated rings. The monoisotopic (exact) mass is 296 g/mol. The van der Waals surface area contributed by atoms with E-state index in [2.05, 4.69) is 17.3 Å². The fraction of sp³-hybridized carbons (Fsp3) is 0.600.